The number of rotatable bonds is 7. The Hall–Kier alpha value is -4.09. The summed E-state index contributed by atoms with van der Waals surface area (Å²) in [6.45, 7) is 1.51. The molecule has 1 aliphatic rings. The molecule has 0 saturated carbocycles. The van der Waals surface area contributed by atoms with Crippen LogP contribution in [0.1, 0.15) is 23.8 Å². The molecule has 3 rings (SSSR count). The van der Waals surface area contributed by atoms with E-state index in [1.54, 1.807) is 30.3 Å². The molecule has 34 heavy (non-hydrogen) atoms. The Morgan fingerprint density at radius 3 is 2.62 bits per heavy atom. The number of amides is 1. The van der Waals surface area contributed by atoms with Crippen LogP contribution in [-0.2, 0) is 25.4 Å². The molecule has 2 aromatic rings. The number of aromatic nitrogens is 2. The molecule has 1 aromatic carbocycles. The highest BCUT2D eigenvalue weighted by molar-refractivity contribution is 5.82. The second-order valence-electron chi connectivity index (χ2n) is 7.57. The number of carbonyl (C=O) groups excluding carboxylic acids is 2. The fraction of sp³-hybridized carbons (Fsp3) is 0.429. The first-order chi connectivity index (χ1) is 16.3. The minimum atomic E-state index is -1.26. The minimum Gasteiger partial charge on any atom is -0.467 e. The molecule has 13 nitrogen and oxygen atoms in total. The van der Waals surface area contributed by atoms with Gasteiger partial charge in [0.05, 0.1) is 20.3 Å². The molecule has 13 heteroatoms. The maximum Gasteiger partial charge on any atom is 0.412 e. The van der Waals surface area contributed by atoms with Crippen molar-refractivity contribution in [3.05, 3.63) is 78.9 Å². The van der Waals surface area contributed by atoms with Crippen LogP contribution in [0, 0.1) is 6.92 Å². The molecule has 1 N–H and O–H groups in total. The zero-order valence-electron chi connectivity index (χ0n) is 18.8. The zero-order valence-corrected chi connectivity index (χ0v) is 18.8. The van der Waals surface area contributed by atoms with E-state index in [0.717, 1.165) is 22.1 Å². The number of H-pyrrole nitrogens is 1. The number of nitrogens with one attached hydrogen (secondary N) is 1. The average Bonchev–Trinajstić information content (AvgIpc) is 3.24. The van der Waals surface area contributed by atoms with Crippen LogP contribution in [0.3, 0.4) is 0 Å². The Bertz CT molecular complexity index is 1200. The molecule has 1 amide bonds. The first-order valence-corrected chi connectivity index (χ1v) is 10.3. The summed E-state index contributed by atoms with van der Waals surface area (Å²) in [7, 11) is 2.32. The summed E-state index contributed by atoms with van der Waals surface area (Å²) >= 11 is 0. The lowest BCUT2D eigenvalue weighted by molar-refractivity contribution is -0.154. The van der Waals surface area contributed by atoms with Crippen molar-refractivity contribution in [3.63, 3.8) is 0 Å². The monoisotopic (exact) mass is 472 g/mol. The van der Waals surface area contributed by atoms with E-state index < -0.39 is 47.9 Å². The van der Waals surface area contributed by atoms with Crippen LogP contribution in [-0.4, -0.2) is 59.0 Å². The third-order valence-electron chi connectivity index (χ3n) is 5.47. The van der Waals surface area contributed by atoms with Gasteiger partial charge in [0, 0.05) is 29.5 Å². The lowest BCUT2D eigenvalue weighted by atomic mass is 10.0. The maximum absolute atomic E-state index is 12.9. The Morgan fingerprint density at radius 2 is 2.00 bits per heavy atom. The van der Waals surface area contributed by atoms with Crippen molar-refractivity contribution >= 4 is 12.1 Å². The highest BCUT2D eigenvalue weighted by Gasteiger charge is 2.47. The van der Waals surface area contributed by atoms with Crippen LogP contribution in [0.2, 0.25) is 0 Å². The van der Waals surface area contributed by atoms with E-state index in [-0.39, 0.29) is 18.4 Å². The Labute approximate surface area is 193 Å². The molecule has 0 aliphatic carbocycles. The lowest BCUT2D eigenvalue weighted by Gasteiger charge is -2.34. The molecule has 1 fully saturated rings. The van der Waals surface area contributed by atoms with Gasteiger partial charge in [0.1, 0.15) is 18.5 Å². The SMILES string of the molecule is COC(=O)[C@H](Cc1ccccc1)N(C(=O)OC)C1OC(n2cc(C)c(=O)[nH]c2=O)CC1N=[N+]=[N-]. The Morgan fingerprint density at radius 1 is 1.29 bits per heavy atom. The number of esters is 1. The summed E-state index contributed by atoms with van der Waals surface area (Å²) in [5.74, 6) is -0.738. The van der Waals surface area contributed by atoms with Gasteiger partial charge in [0.15, 0.2) is 0 Å². The van der Waals surface area contributed by atoms with Crippen molar-refractivity contribution in [1.82, 2.24) is 14.5 Å². The predicted molar refractivity (Wildman–Crippen MR) is 118 cm³/mol. The summed E-state index contributed by atoms with van der Waals surface area (Å²) in [6, 6.07) is 6.75. The Kier molecular flexibility index (Phi) is 7.71. The van der Waals surface area contributed by atoms with Gasteiger partial charge < -0.3 is 14.2 Å². The summed E-state index contributed by atoms with van der Waals surface area (Å²) in [5.41, 5.74) is 8.81. The highest BCUT2D eigenvalue weighted by Crippen LogP contribution is 2.34. The number of hydrogen-bond donors (Lipinski definition) is 1. The van der Waals surface area contributed by atoms with Gasteiger partial charge in [-0.1, -0.05) is 35.4 Å². The van der Waals surface area contributed by atoms with E-state index >= 15 is 0 Å². The molecular formula is C21H24N6O7. The summed E-state index contributed by atoms with van der Waals surface area (Å²) in [4.78, 5) is 55.8. The molecule has 1 aromatic heterocycles. The van der Waals surface area contributed by atoms with Crippen molar-refractivity contribution in [2.75, 3.05) is 14.2 Å². The van der Waals surface area contributed by atoms with Crippen LogP contribution < -0.4 is 11.2 Å². The fourth-order valence-electron chi connectivity index (χ4n) is 3.81. The van der Waals surface area contributed by atoms with Gasteiger partial charge in [-0.25, -0.2) is 14.4 Å². The molecule has 180 valence electrons. The zero-order chi connectivity index (χ0) is 24.8. The number of nitrogens with zero attached hydrogens (tertiary/aromatic N) is 5. The number of methoxy groups -OCH3 is 2. The molecule has 1 saturated heterocycles. The third kappa shape index (κ3) is 5.11. The number of carbonyl (C=O) groups is 2. The van der Waals surface area contributed by atoms with Crippen LogP contribution >= 0.6 is 0 Å². The molecule has 0 radical (unpaired) electrons. The smallest absolute Gasteiger partial charge is 0.412 e. The molecular weight excluding hydrogens is 448 g/mol. The van der Waals surface area contributed by atoms with Crippen LogP contribution in [0.25, 0.3) is 10.4 Å². The van der Waals surface area contributed by atoms with Crippen LogP contribution in [0.4, 0.5) is 4.79 Å². The number of benzene rings is 1. The van der Waals surface area contributed by atoms with E-state index in [2.05, 4.69) is 15.0 Å². The maximum atomic E-state index is 12.9. The largest absolute Gasteiger partial charge is 0.467 e. The topological polar surface area (TPSA) is 169 Å². The van der Waals surface area contributed by atoms with Gasteiger partial charge in [-0.2, -0.15) is 0 Å². The molecule has 2 heterocycles. The van der Waals surface area contributed by atoms with Crippen molar-refractivity contribution in [1.29, 1.82) is 0 Å². The van der Waals surface area contributed by atoms with Gasteiger partial charge >= 0.3 is 17.8 Å². The van der Waals surface area contributed by atoms with Gasteiger partial charge in [-0.15, -0.1) is 0 Å². The van der Waals surface area contributed by atoms with E-state index in [1.165, 1.54) is 20.2 Å². The number of azide groups is 1. The Balaban J connectivity index is 2.05. The number of aryl methyl sites for hydroxylation is 1. The predicted octanol–water partition coefficient (Wildman–Crippen LogP) is 1.62. The summed E-state index contributed by atoms with van der Waals surface area (Å²) in [5, 5.41) is 3.73. The highest BCUT2D eigenvalue weighted by atomic mass is 16.6. The van der Waals surface area contributed by atoms with Crippen molar-refractivity contribution in [2.24, 2.45) is 5.11 Å². The van der Waals surface area contributed by atoms with Crippen LogP contribution in [0.5, 0.6) is 0 Å². The van der Waals surface area contributed by atoms with E-state index in [1.807, 2.05) is 0 Å². The average molecular weight is 472 g/mol. The minimum absolute atomic E-state index is 0.00710. The van der Waals surface area contributed by atoms with Crippen molar-refractivity contribution in [2.45, 2.75) is 44.3 Å². The number of hydrogen-bond acceptors (Lipinski definition) is 8. The van der Waals surface area contributed by atoms with Crippen LogP contribution in [0.15, 0.2) is 51.2 Å². The third-order valence-corrected chi connectivity index (χ3v) is 5.47. The second kappa shape index (κ2) is 10.7. The molecule has 0 spiro atoms. The van der Waals surface area contributed by atoms with Gasteiger partial charge in [0.2, 0.25) is 0 Å². The fourth-order valence-corrected chi connectivity index (χ4v) is 3.81. The molecule has 4 atom stereocenters. The summed E-state index contributed by atoms with van der Waals surface area (Å²) in [6.07, 6.45) is -1.81. The molecule has 1 aliphatic heterocycles. The normalized spacial score (nSPS) is 20.1. The van der Waals surface area contributed by atoms with E-state index in [9.17, 15) is 19.2 Å². The first-order valence-electron chi connectivity index (χ1n) is 10.3. The lowest BCUT2D eigenvalue weighted by Crippen LogP contribution is -2.55. The molecule has 3 unspecified atom stereocenters. The molecule has 0 bridgehead atoms. The van der Waals surface area contributed by atoms with E-state index in [0.29, 0.717) is 0 Å². The van der Waals surface area contributed by atoms with Gasteiger partial charge in [-0.05, 0) is 18.0 Å². The van der Waals surface area contributed by atoms with Gasteiger partial charge in [-0.3, -0.25) is 19.2 Å². The second-order valence-corrected chi connectivity index (χ2v) is 7.57. The quantitative estimate of drug-likeness (QED) is 0.276. The number of ether oxygens (including phenoxy) is 3. The van der Waals surface area contributed by atoms with Crippen molar-refractivity contribution in [3.8, 4) is 0 Å². The standard InChI is InChI=1S/C21H24N6O7/c1-12-11-26(20(30)23-17(12)28)16-10-14(24-25-22)18(34-16)27(21(31)33-3)15(19(29)32-2)9-13-7-5-4-6-8-13/h4-8,11,14-16,18H,9-10H2,1-3H3,(H,23,28,30)/t14?,15-,16?,18?/m0/s1. The van der Waals surface area contributed by atoms with E-state index in [4.69, 9.17) is 19.7 Å². The first kappa shape index (κ1) is 24.6. The van der Waals surface area contributed by atoms with Crippen molar-refractivity contribution < 1.29 is 23.8 Å². The van der Waals surface area contributed by atoms with Gasteiger partial charge in [0.25, 0.3) is 5.56 Å². The number of aromatic amines is 1. The summed E-state index contributed by atoms with van der Waals surface area (Å²) < 4.78 is 17.0.